The molecule has 1 heterocycles. The second-order valence-corrected chi connectivity index (χ2v) is 8.96. The Morgan fingerprint density at radius 1 is 0.700 bits per heavy atom. The minimum atomic E-state index is -0.861. The number of carbonyl (C=O) groups is 5. The third kappa shape index (κ3) is 5.25. The number of ether oxygens (including phenoxy) is 2. The summed E-state index contributed by atoms with van der Waals surface area (Å²) in [6, 6.07) is 21.4. The van der Waals surface area contributed by atoms with Gasteiger partial charge in [0, 0.05) is 5.56 Å². The summed E-state index contributed by atoms with van der Waals surface area (Å²) in [4.78, 5) is 63.9. The molecule has 40 heavy (non-hydrogen) atoms. The van der Waals surface area contributed by atoms with Crippen LogP contribution in [0.3, 0.4) is 0 Å². The summed E-state index contributed by atoms with van der Waals surface area (Å²) in [5.41, 5.74) is 1.88. The van der Waals surface area contributed by atoms with Crippen LogP contribution in [0.5, 0.6) is 5.75 Å². The van der Waals surface area contributed by atoms with E-state index >= 15 is 0 Å². The van der Waals surface area contributed by atoms with Crippen molar-refractivity contribution in [1.82, 2.24) is 0 Å². The summed E-state index contributed by atoms with van der Waals surface area (Å²) in [5, 5.41) is 0. The summed E-state index contributed by atoms with van der Waals surface area (Å²) in [6.07, 6.45) is 0. The number of ketones is 1. The van der Waals surface area contributed by atoms with Crippen molar-refractivity contribution < 1.29 is 37.8 Å². The molecule has 0 aliphatic carbocycles. The normalized spacial score (nSPS) is 12.2. The fourth-order valence-corrected chi connectivity index (χ4v) is 4.05. The van der Waals surface area contributed by atoms with Gasteiger partial charge in [0.15, 0.2) is 12.4 Å². The van der Waals surface area contributed by atoms with E-state index in [1.54, 1.807) is 24.3 Å². The van der Waals surface area contributed by atoms with E-state index in [2.05, 4.69) is 0 Å². The third-order valence-corrected chi connectivity index (χ3v) is 6.22. The van der Waals surface area contributed by atoms with Crippen molar-refractivity contribution in [2.75, 3.05) is 11.5 Å². The molecule has 0 saturated carbocycles. The third-order valence-electron chi connectivity index (χ3n) is 6.22. The van der Waals surface area contributed by atoms with Gasteiger partial charge in [-0.25, -0.2) is 18.9 Å². The molecule has 0 radical (unpaired) electrons. The first-order valence-corrected chi connectivity index (χ1v) is 12.1. The lowest BCUT2D eigenvalue weighted by Gasteiger charge is -2.13. The molecule has 9 heteroatoms. The molecule has 5 rings (SSSR count). The lowest BCUT2D eigenvalue weighted by Crippen LogP contribution is -2.29. The van der Waals surface area contributed by atoms with E-state index < -0.39 is 42.0 Å². The number of amides is 2. The highest BCUT2D eigenvalue weighted by Crippen LogP contribution is 2.29. The van der Waals surface area contributed by atoms with Gasteiger partial charge in [-0.1, -0.05) is 17.7 Å². The van der Waals surface area contributed by atoms with Gasteiger partial charge in [0.2, 0.25) is 0 Å². The van der Waals surface area contributed by atoms with Crippen LogP contribution in [0.4, 0.5) is 10.1 Å². The number of anilines is 1. The summed E-state index contributed by atoms with van der Waals surface area (Å²) in [7, 11) is 0. The number of hydrogen-bond acceptors (Lipinski definition) is 7. The van der Waals surface area contributed by atoms with Gasteiger partial charge in [-0.2, -0.15) is 0 Å². The molecule has 1 aliphatic rings. The fourth-order valence-electron chi connectivity index (χ4n) is 4.05. The highest BCUT2D eigenvalue weighted by molar-refractivity contribution is 6.34. The molecule has 198 valence electrons. The number of nitrogens with zero attached hydrogens (tertiary/aromatic N) is 1. The first-order valence-electron chi connectivity index (χ1n) is 12.1. The minimum absolute atomic E-state index is 0.00845. The van der Waals surface area contributed by atoms with Crippen LogP contribution in [0.1, 0.15) is 57.4 Å². The van der Waals surface area contributed by atoms with Crippen molar-refractivity contribution in [2.24, 2.45) is 0 Å². The lowest BCUT2D eigenvalue weighted by atomic mass is 10.1. The van der Waals surface area contributed by atoms with Crippen molar-refractivity contribution in [3.8, 4) is 5.75 Å². The number of rotatable bonds is 7. The zero-order valence-corrected chi connectivity index (χ0v) is 21.1. The number of carbonyl (C=O) groups excluding carboxylic acids is 5. The standard InChI is InChI=1S/C31H20FNO7/c1-18-2-4-20(5-3-18)31(38)40-24-13-6-19(7-14-24)27(34)17-39-30(37)21-8-15-25-26(16-21)29(36)33(28(25)35)23-11-9-22(32)10-12-23/h2-16H,17H2,1H3. The fraction of sp³-hybridized carbons (Fsp3) is 0.0645. The van der Waals surface area contributed by atoms with Crippen molar-refractivity contribution in [3.63, 3.8) is 0 Å². The zero-order chi connectivity index (χ0) is 28.4. The average molecular weight is 537 g/mol. The maximum atomic E-state index is 13.3. The number of esters is 2. The number of fused-ring (bicyclic) bond motifs is 1. The first-order chi connectivity index (χ1) is 19.2. The Kier molecular flexibility index (Phi) is 7.03. The highest BCUT2D eigenvalue weighted by atomic mass is 19.1. The predicted octanol–water partition coefficient (Wildman–Crippen LogP) is 5.19. The Morgan fingerprint density at radius 3 is 1.98 bits per heavy atom. The molecule has 0 aromatic heterocycles. The molecule has 0 spiro atoms. The van der Waals surface area contributed by atoms with E-state index in [-0.39, 0.29) is 33.7 Å². The summed E-state index contributed by atoms with van der Waals surface area (Å²) < 4.78 is 23.7. The number of benzene rings is 4. The van der Waals surface area contributed by atoms with E-state index in [0.717, 1.165) is 22.6 Å². The minimum Gasteiger partial charge on any atom is -0.454 e. The van der Waals surface area contributed by atoms with Gasteiger partial charge < -0.3 is 9.47 Å². The zero-order valence-electron chi connectivity index (χ0n) is 21.1. The molecule has 0 unspecified atom stereocenters. The number of imide groups is 1. The van der Waals surface area contributed by atoms with Gasteiger partial charge in [-0.05, 0) is 85.8 Å². The maximum absolute atomic E-state index is 13.3. The average Bonchev–Trinajstić information content (AvgIpc) is 3.21. The van der Waals surface area contributed by atoms with Crippen molar-refractivity contribution >= 4 is 35.2 Å². The Balaban J connectivity index is 1.20. The molecule has 0 N–H and O–H groups in total. The van der Waals surface area contributed by atoms with Crippen LogP contribution in [-0.4, -0.2) is 36.1 Å². The van der Waals surface area contributed by atoms with Gasteiger partial charge in [-0.15, -0.1) is 0 Å². The van der Waals surface area contributed by atoms with Crippen LogP contribution in [0.15, 0.2) is 91.0 Å². The van der Waals surface area contributed by atoms with Gasteiger partial charge in [0.25, 0.3) is 11.8 Å². The SMILES string of the molecule is Cc1ccc(C(=O)Oc2ccc(C(=O)COC(=O)c3ccc4c(c3)C(=O)N(c3ccc(F)cc3)C4=O)cc2)cc1. The molecule has 4 aromatic rings. The maximum Gasteiger partial charge on any atom is 0.343 e. The number of halogens is 1. The van der Waals surface area contributed by atoms with Crippen LogP contribution < -0.4 is 9.64 Å². The van der Waals surface area contributed by atoms with Crippen LogP contribution in [0.2, 0.25) is 0 Å². The van der Waals surface area contributed by atoms with Crippen LogP contribution >= 0.6 is 0 Å². The van der Waals surface area contributed by atoms with Crippen LogP contribution in [0, 0.1) is 12.7 Å². The monoisotopic (exact) mass is 537 g/mol. The van der Waals surface area contributed by atoms with Gasteiger partial charge >= 0.3 is 11.9 Å². The molecule has 0 fully saturated rings. The second-order valence-electron chi connectivity index (χ2n) is 8.96. The summed E-state index contributed by atoms with van der Waals surface area (Å²) >= 11 is 0. The van der Waals surface area contributed by atoms with Crippen LogP contribution in [-0.2, 0) is 4.74 Å². The first kappa shape index (κ1) is 26.2. The second kappa shape index (κ2) is 10.7. The molecular formula is C31H20FNO7. The molecule has 4 aromatic carbocycles. The van der Waals surface area contributed by atoms with Crippen molar-refractivity contribution in [1.29, 1.82) is 0 Å². The molecule has 0 bridgehead atoms. The van der Waals surface area contributed by atoms with Crippen LogP contribution in [0.25, 0.3) is 0 Å². The Bertz CT molecular complexity index is 1660. The Morgan fingerprint density at radius 2 is 1.30 bits per heavy atom. The summed E-state index contributed by atoms with van der Waals surface area (Å²) in [5.74, 6) is -3.44. The van der Waals surface area contributed by atoms with Crippen molar-refractivity contribution in [3.05, 3.63) is 130 Å². The molecule has 8 nitrogen and oxygen atoms in total. The van der Waals surface area contributed by atoms with E-state index in [1.807, 2.05) is 6.92 Å². The molecule has 2 amide bonds. The Hall–Kier alpha value is -5.44. The molecule has 0 saturated heterocycles. The largest absolute Gasteiger partial charge is 0.454 e. The number of hydrogen-bond donors (Lipinski definition) is 0. The molecule has 0 atom stereocenters. The lowest BCUT2D eigenvalue weighted by molar-refractivity contribution is 0.0474. The van der Waals surface area contributed by atoms with E-state index in [1.165, 1.54) is 54.6 Å². The van der Waals surface area contributed by atoms with E-state index in [0.29, 0.717) is 5.56 Å². The molecular weight excluding hydrogens is 517 g/mol. The van der Waals surface area contributed by atoms with E-state index in [9.17, 15) is 28.4 Å². The number of aryl methyl sites for hydroxylation is 1. The van der Waals surface area contributed by atoms with Crippen molar-refractivity contribution in [2.45, 2.75) is 6.92 Å². The molecule has 1 aliphatic heterocycles. The summed E-state index contributed by atoms with van der Waals surface area (Å²) in [6.45, 7) is 1.33. The Labute approximate surface area is 227 Å². The van der Waals surface area contributed by atoms with Gasteiger partial charge in [-0.3, -0.25) is 14.4 Å². The van der Waals surface area contributed by atoms with Gasteiger partial charge in [0.1, 0.15) is 11.6 Å². The highest BCUT2D eigenvalue weighted by Gasteiger charge is 2.37. The number of Topliss-reactive ketones (excluding diaryl/α,β-unsaturated/α-hetero) is 1. The quantitative estimate of drug-likeness (QED) is 0.138. The van der Waals surface area contributed by atoms with E-state index in [4.69, 9.17) is 9.47 Å². The smallest absolute Gasteiger partial charge is 0.343 e. The predicted molar refractivity (Wildman–Crippen MR) is 141 cm³/mol. The topological polar surface area (TPSA) is 107 Å². The van der Waals surface area contributed by atoms with Gasteiger partial charge in [0.05, 0.1) is 27.9 Å².